The predicted molar refractivity (Wildman–Crippen MR) is 97.3 cm³/mol. The lowest BCUT2D eigenvalue weighted by molar-refractivity contribution is 0.229. The van der Waals surface area contributed by atoms with Gasteiger partial charge < -0.3 is 15.4 Å². The largest absolute Gasteiger partial charge is 0.489 e. The molecule has 0 aliphatic carbocycles. The Labute approximate surface area is 146 Å². The van der Waals surface area contributed by atoms with E-state index in [0.717, 1.165) is 24.6 Å². The molecule has 1 saturated heterocycles. The highest BCUT2D eigenvalue weighted by Gasteiger charge is 2.12. The molecule has 1 aromatic carbocycles. The monoisotopic (exact) mass is 425 g/mol. The van der Waals surface area contributed by atoms with Gasteiger partial charge >= 0.3 is 0 Å². The normalized spacial score (nSPS) is 17.0. The molecule has 1 aromatic rings. The zero-order valence-corrected chi connectivity index (χ0v) is 15.1. The molecule has 2 rings (SSSR count). The summed E-state index contributed by atoms with van der Waals surface area (Å²) >= 11 is 1.94. The molecule has 1 fully saturated rings. The van der Waals surface area contributed by atoms with Crippen LogP contribution in [0.1, 0.15) is 6.92 Å². The van der Waals surface area contributed by atoms with Gasteiger partial charge in [0.05, 0.1) is 6.54 Å². The molecule has 1 atom stereocenters. The van der Waals surface area contributed by atoms with Crippen molar-refractivity contribution < 1.29 is 9.13 Å². The van der Waals surface area contributed by atoms with Crippen LogP contribution in [0, 0.1) is 5.82 Å². The lowest BCUT2D eigenvalue weighted by Crippen LogP contribution is -2.43. The number of benzene rings is 1. The van der Waals surface area contributed by atoms with E-state index in [9.17, 15) is 4.39 Å². The van der Waals surface area contributed by atoms with Gasteiger partial charge in [0.1, 0.15) is 17.7 Å². The lowest BCUT2D eigenvalue weighted by atomic mass is 10.3. The summed E-state index contributed by atoms with van der Waals surface area (Å²) in [5.74, 6) is 3.15. The van der Waals surface area contributed by atoms with Crippen LogP contribution < -0.4 is 10.5 Å². The molecule has 0 saturated carbocycles. The summed E-state index contributed by atoms with van der Waals surface area (Å²) in [6, 6.07) is 5.98. The maximum Gasteiger partial charge on any atom is 0.191 e. The average Bonchev–Trinajstić information content (AvgIpc) is 2.48. The van der Waals surface area contributed by atoms with Gasteiger partial charge in [-0.1, -0.05) is 0 Å². The zero-order valence-electron chi connectivity index (χ0n) is 12.0. The second-order valence-corrected chi connectivity index (χ2v) is 5.91. The van der Waals surface area contributed by atoms with Crippen LogP contribution in [0.3, 0.4) is 0 Å². The van der Waals surface area contributed by atoms with Gasteiger partial charge in [0.2, 0.25) is 0 Å². The number of nitrogens with two attached hydrogens (primary N) is 1. The van der Waals surface area contributed by atoms with E-state index in [1.165, 1.54) is 12.1 Å². The van der Waals surface area contributed by atoms with E-state index in [1.54, 1.807) is 12.1 Å². The number of nitrogens with zero attached hydrogens (tertiary/aromatic N) is 2. The Balaban J connectivity index is 0.00000220. The van der Waals surface area contributed by atoms with E-state index in [-0.39, 0.29) is 35.9 Å². The summed E-state index contributed by atoms with van der Waals surface area (Å²) in [5, 5.41) is 0. The third-order valence-corrected chi connectivity index (χ3v) is 3.94. The molecule has 0 bridgehead atoms. The summed E-state index contributed by atoms with van der Waals surface area (Å²) in [5.41, 5.74) is 5.97. The van der Waals surface area contributed by atoms with Crippen molar-refractivity contribution in [3.63, 3.8) is 0 Å². The van der Waals surface area contributed by atoms with Crippen LogP contribution in [0.4, 0.5) is 4.39 Å². The van der Waals surface area contributed by atoms with Crippen LogP contribution in [0.15, 0.2) is 29.3 Å². The van der Waals surface area contributed by atoms with Crippen molar-refractivity contribution >= 4 is 41.7 Å². The number of thioether (sulfide) groups is 1. The summed E-state index contributed by atoms with van der Waals surface area (Å²) in [6.45, 7) is 4.32. The van der Waals surface area contributed by atoms with Crippen LogP contribution in [0.5, 0.6) is 5.75 Å². The first-order chi connectivity index (χ1) is 9.65. The van der Waals surface area contributed by atoms with Crippen molar-refractivity contribution in [1.82, 2.24) is 4.90 Å². The average molecular weight is 425 g/mol. The highest BCUT2D eigenvalue weighted by molar-refractivity contribution is 14.0. The van der Waals surface area contributed by atoms with Crippen molar-refractivity contribution in [2.24, 2.45) is 10.7 Å². The van der Waals surface area contributed by atoms with E-state index in [4.69, 9.17) is 10.5 Å². The van der Waals surface area contributed by atoms with Crippen LogP contribution in [0.25, 0.3) is 0 Å². The Kier molecular flexibility index (Phi) is 8.16. The molecule has 118 valence electrons. The minimum absolute atomic E-state index is 0. The van der Waals surface area contributed by atoms with Crippen LogP contribution in [-0.2, 0) is 0 Å². The Morgan fingerprint density at radius 3 is 2.62 bits per heavy atom. The quantitative estimate of drug-likeness (QED) is 0.458. The van der Waals surface area contributed by atoms with Crippen molar-refractivity contribution in [2.75, 3.05) is 31.1 Å². The molecule has 1 aliphatic rings. The molecule has 2 N–H and O–H groups in total. The maximum absolute atomic E-state index is 12.8. The molecule has 0 amide bonds. The fourth-order valence-corrected chi connectivity index (χ4v) is 2.80. The van der Waals surface area contributed by atoms with E-state index in [1.807, 2.05) is 18.7 Å². The van der Waals surface area contributed by atoms with Gasteiger partial charge in [-0.15, -0.1) is 24.0 Å². The highest BCUT2D eigenvalue weighted by atomic mass is 127. The summed E-state index contributed by atoms with van der Waals surface area (Å²) in [7, 11) is 0. The Bertz CT molecular complexity index is 452. The fraction of sp³-hybridized carbons (Fsp3) is 0.500. The maximum atomic E-state index is 12.8. The van der Waals surface area contributed by atoms with Gasteiger partial charge in [-0.2, -0.15) is 11.8 Å². The number of aliphatic imine (C=N–C) groups is 1. The first-order valence-corrected chi connectivity index (χ1v) is 7.85. The first-order valence-electron chi connectivity index (χ1n) is 6.70. The van der Waals surface area contributed by atoms with Gasteiger partial charge in [-0.3, -0.25) is 0 Å². The number of halogens is 2. The Morgan fingerprint density at radius 1 is 1.38 bits per heavy atom. The van der Waals surface area contributed by atoms with E-state index >= 15 is 0 Å². The third kappa shape index (κ3) is 6.29. The fourth-order valence-electron chi connectivity index (χ4n) is 1.90. The SMILES string of the molecule is CC(CN=C(N)N1CCSCC1)Oc1ccc(F)cc1.I. The van der Waals surface area contributed by atoms with Crippen molar-refractivity contribution in [3.05, 3.63) is 30.1 Å². The van der Waals surface area contributed by atoms with Gasteiger partial charge in [-0.25, -0.2) is 9.38 Å². The topological polar surface area (TPSA) is 50.8 Å². The molecule has 1 unspecified atom stereocenters. The Hall–Kier alpha value is -0.700. The van der Waals surface area contributed by atoms with Gasteiger partial charge in [-0.05, 0) is 31.2 Å². The molecule has 7 heteroatoms. The molecule has 21 heavy (non-hydrogen) atoms. The number of hydrogen-bond acceptors (Lipinski definition) is 3. The third-order valence-electron chi connectivity index (χ3n) is 3.00. The smallest absolute Gasteiger partial charge is 0.191 e. The predicted octanol–water partition coefficient (Wildman–Crippen LogP) is 2.57. The second kappa shape index (κ2) is 9.34. The zero-order chi connectivity index (χ0) is 14.4. The van der Waals surface area contributed by atoms with Crippen LogP contribution in [0.2, 0.25) is 0 Å². The van der Waals surface area contributed by atoms with Crippen LogP contribution >= 0.6 is 35.7 Å². The molecule has 0 aromatic heterocycles. The number of rotatable bonds is 4. The van der Waals surface area contributed by atoms with Crippen molar-refractivity contribution in [1.29, 1.82) is 0 Å². The molecular weight excluding hydrogens is 404 g/mol. The number of ether oxygens (including phenoxy) is 1. The Morgan fingerprint density at radius 2 is 2.00 bits per heavy atom. The molecule has 1 heterocycles. The van der Waals surface area contributed by atoms with E-state index in [2.05, 4.69) is 9.89 Å². The summed E-state index contributed by atoms with van der Waals surface area (Å²) in [4.78, 5) is 6.47. The van der Waals surface area contributed by atoms with Gasteiger partial charge in [0, 0.05) is 24.6 Å². The lowest BCUT2D eigenvalue weighted by Gasteiger charge is -2.27. The molecule has 4 nitrogen and oxygen atoms in total. The van der Waals surface area contributed by atoms with E-state index in [0.29, 0.717) is 18.3 Å². The minimum atomic E-state index is -0.268. The molecule has 1 aliphatic heterocycles. The second-order valence-electron chi connectivity index (χ2n) is 4.68. The molecule has 0 spiro atoms. The highest BCUT2D eigenvalue weighted by Crippen LogP contribution is 2.13. The first kappa shape index (κ1) is 18.3. The molecular formula is C14H21FIN3OS. The summed E-state index contributed by atoms with van der Waals surface area (Å²) in [6.07, 6.45) is -0.0989. The summed E-state index contributed by atoms with van der Waals surface area (Å²) < 4.78 is 18.4. The minimum Gasteiger partial charge on any atom is -0.489 e. The van der Waals surface area contributed by atoms with Gasteiger partial charge in [0.25, 0.3) is 0 Å². The van der Waals surface area contributed by atoms with Crippen LogP contribution in [-0.4, -0.2) is 48.1 Å². The van der Waals surface area contributed by atoms with Gasteiger partial charge in [0.15, 0.2) is 5.96 Å². The molecule has 0 radical (unpaired) electrons. The number of hydrogen-bond donors (Lipinski definition) is 1. The number of guanidine groups is 1. The van der Waals surface area contributed by atoms with Crippen molar-refractivity contribution in [3.8, 4) is 5.75 Å². The van der Waals surface area contributed by atoms with Crippen molar-refractivity contribution in [2.45, 2.75) is 13.0 Å². The van der Waals surface area contributed by atoms with E-state index < -0.39 is 0 Å². The standard InChI is InChI=1S/C14H20FN3OS.HI/c1-11(19-13-4-2-12(15)3-5-13)10-17-14(16)18-6-8-20-9-7-18;/h2-5,11H,6-10H2,1H3,(H2,16,17);1H.